The lowest BCUT2D eigenvalue weighted by molar-refractivity contribution is -0.140. The van der Waals surface area contributed by atoms with E-state index >= 15 is 0 Å². The number of hydrogen-bond acceptors (Lipinski definition) is 7. The van der Waals surface area contributed by atoms with E-state index in [1.807, 2.05) is 37.3 Å². The van der Waals surface area contributed by atoms with Crippen LogP contribution in [0.2, 0.25) is 0 Å². The van der Waals surface area contributed by atoms with E-state index in [0.29, 0.717) is 17.9 Å². The maximum absolute atomic E-state index is 11.4. The van der Waals surface area contributed by atoms with Gasteiger partial charge in [0.2, 0.25) is 0 Å². The number of aryl methyl sites for hydroxylation is 1. The lowest BCUT2D eigenvalue weighted by Gasteiger charge is -2.19. The molecule has 0 aliphatic heterocycles. The molecule has 0 radical (unpaired) electrons. The SMILES string of the molecule is Cc1cc(NCc2cccc(-c3ccccc3)c2C)cc(OCc2cncc(C#N)c2)c1CN[C@H](CO)C(=O)O. The third-order valence-corrected chi connectivity index (χ3v) is 6.77. The number of benzene rings is 3. The Bertz CT molecular complexity index is 1520. The van der Waals surface area contributed by atoms with Gasteiger partial charge >= 0.3 is 5.97 Å². The molecule has 4 aromatic rings. The fourth-order valence-electron chi connectivity index (χ4n) is 4.49. The average molecular weight is 537 g/mol. The number of carboxylic acids is 1. The first-order chi connectivity index (χ1) is 19.4. The number of hydrogen-bond donors (Lipinski definition) is 4. The Labute approximate surface area is 233 Å². The van der Waals surface area contributed by atoms with Gasteiger partial charge in [-0.1, -0.05) is 48.5 Å². The molecule has 8 heteroatoms. The van der Waals surface area contributed by atoms with Crippen LogP contribution in [0.15, 0.2) is 79.1 Å². The number of pyridine rings is 1. The summed E-state index contributed by atoms with van der Waals surface area (Å²) < 4.78 is 6.18. The quantitative estimate of drug-likeness (QED) is 0.200. The first-order valence-electron chi connectivity index (χ1n) is 12.9. The summed E-state index contributed by atoms with van der Waals surface area (Å²) in [6.45, 7) is 4.49. The summed E-state index contributed by atoms with van der Waals surface area (Å²) in [6, 6.07) is 23.2. The highest BCUT2D eigenvalue weighted by atomic mass is 16.5. The number of nitrogens with one attached hydrogen (secondary N) is 2. The van der Waals surface area contributed by atoms with Gasteiger partial charge in [-0.05, 0) is 53.8 Å². The monoisotopic (exact) mass is 536 g/mol. The van der Waals surface area contributed by atoms with Crippen molar-refractivity contribution in [2.75, 3.05) is 11.9 Å². The molecule has 4 rings (SSSR count). The number of anilines is 1. The number of aliphatic hydroxyl groups is 1. The summed E-state index contributed by atoms with van der Waals surface area (Å²) in [7, 11) is 0. The topological polar surface area (TPSA) is 128 Å². The molecule has 0 bridgehead atoms. The summed E-state index contributed by atoms with van der Waals surface area (Å²) in [5, 5.41) is 34.4. The third kappa shape index (κ3) is 7.03. The molecule has 1 heterocycles. The highest BCUT2D eigenvalue weighted by Crippen LogP contribution is 2.30. The van der Waals surface area contributed by atoms with Crippen molar-refractivity contribution in [1.29, 1.82) is 5.26 Å². The molecule has 0 amide bonds. The van der Waals surface area contributed by atoms with Crippen LogP contribution in [-0.2, 0) is 24.5 Å². The minimum Gasteiger partial charge on any atom is -0.488 e. The van der Waals surface area contributed by atoms with Gasteiger partial charge in [-0.2, -0.15) is 5.26 Å². The Morgan fingerprint density at radius 1 is 1.05 bits per heavy atom. The van der Waals surface area contributed by atoms with Gasteiger partial charge in [0.25, 0.3) is 0 Å². The standard InChI is InChI=1S/C32H32N4O4/c1-21-11-27(35-17-26-9-6-10-28(22(26)2)25-7-4-3-5-8-25)13-31(29(21)18-36-30(19-37)32(38)39)40-20-24-12-23(14-33)15-34-16-24/h3-13,15-16,30,35-37H,17-20H2,1-2H3,(H,38,39)/t30-/m1/s1. The highest BCUT2D eigenvalue weighted by Gasteiger charge is 2.18. The molecule has 0 aliphatic carbocycles. The van der Waals surface area contributed by atoms with Crippen LogP contribution in [0.5, 0.6) is 5.75 Å². The van der Waals surface area contributed by atoms with Crippen LogP contribution in [0.25, 0.3) is 11.1 Å². The van der Waals surface area contributed by atoms with Crippen LogP contribution in [0, 0.1) is 25.2 Å². The molecule has 0 fully saturated rings. The first kappa shape index (κ1) is 28.3. The fraction of sp³-hybridized carbons (Fsp3) is 0.219. The molecule has 1 atom stereocenters. The fourth-order valence-corrected chi connectivity index (χ4v) is 4.49. The van der Waals surface area contributed by atoms with Crippen molar-refractivity contribution < 1.29 is 19.7 Å². The van der Waals surface area contributed by atoms with E-state index in [4.69, 9.17) is 4.74 Å². The van der Waals surface area contributed by atoms with Gasteiger partial charge in [-0.3, -0.25) is 15.1 Å². The first-order valence-corrected chi connectivity index (χ1v) is 12.9. The second-order valence-electron chi connectivity index (χ2n) is 9.52. The van der Waals surface area contributed by atoms with Crippen LogP contribution < -0.4 is 15.4 Å². The maximum Gasteiger partial charge on any atom is 0.323 e. The summed E-state index contributed by atoms with van der Waals surface area (Å²) in [6.07, 6.45) is 3.13. The predicted molar refractivity (Wildman–Crippen MR) is 154 cm³/mol. The number of nitriles is 1. The van der Waals surface area contributed by atoms with Crippen molar-refractivity contribution in [2.24, 2.45) is 0 Å². The lowest BCUT2D eigenvalue weighted by atomic mass is 9.96. The average Bonchev–Trinajstić information content (AvgIpc) is 2.97. The van der Waals surface area contributed by atoms with Crippen molar-refractivity contribution in [2.45, 2.75) is 39.6 Å². The Hall–Kier alpha value is -4.71. The largest absolute Gasteiger partial charge is 0.488 e. The second-order valence-corrected chi connectivity index (χ2v) is 9.52. The number of carboxylic acid groups (broad SMARTS) is 1. The van der Waals surface area contributed by atoms with E-state index in [1.54, 1.807) is 12.3 Å². The van der Waals surface area contributed by atoms with Crippen molar-refractivity contribution in [3.8, 4) is 22.9 Å². The van der Waals surface area contributed by atoms with E-state index in [2.05, 4.69) is 58.9 Å². The molecule has 4 N–H and O–H groups in total. The minimum atomic E-state index is -1.13. The predicted octanol–water partition coefficient (Wildman–Crippen LogP) is 4.96. The maximum atomic E-state index is 11.4. The summed E-state index contributed by atoms with van der Waals surface area (Å²) in [4.78, 5) is 15.5. The molecule has 0 saturated carbocycles. The molecular weight excluding hydrogens is 504 g/mol. The van der Waals surface area contributed by atoms with Gasteiger partial charge in [0.1, 0.15) is 24.5 Å². The molecule has 40 heavy (non-hydrogen) atoms. The number of rotatable bonds is 12. The van der Waals surface area contributed by atoms with Gasteiger partial charge in [0.15, 0.2) is 0 Å². The zero-order valence-corrected chi connectivity index (χ0v) is 22.5. The minimum absolute atomic E-state index is 0.180. The van der Waals surface area contributed by atoms with Crippen molar-refractivity contribution in [3.05, 3.63) is 113 Å². The molecule has 0 unspecified atom stereocenters. The van der Waals surface area contributed by atoms with E-state index in [1.165, 1.54) is 28.5 Å². The number of aliphatic carboxylic acids is 1. The molecule has 0 saturated heterocycles. The van der Waals surface area contributed by atoms with Crippen LogP contribution in [-0.4, -0.2) is 33.8 Å². The van der Waals surface area contributed by atoms with Crippen molar-refractivity contribution in [3.63, 3.8) is 0 Å². The van der Waals surface area contributed by atoms with Crippen LogP contribution in [0.3, 0.4) is 0 Å². The van der Waals surface area contributed by atoms with Gasteiger partial charge in [0.05, 0.1) is 12.2 Å². The lowest BCUT2D eigenvalue weighted by Crippen LogP contribution is -2.39. The molecule has 204 valence electrons. The molecule has 8 nitrogen and oxygen atoms in total. The van der Waals surface area contributed by atoms with E-state index < -0.39 is 18.6 Å². The number of aromatic nitrogens is 1. The summed E-state index contributed by atoms with van der Waals surface area (Å²) in [5.41, 5.74) is 8.42. The van der Waals surface area contributed by atoms with Gasteiger partial charge in [0, 0.05) is 48.4 Å². The van der Waals surface area contributed by atoms with E-state index in [9.17, 15) is 20.3 Å². The zero-order chi connectivity index (χ0) is 28.5. The molecule has 1 aromatic heterocycles. The smallest absolute Gasteiger partial charge is 0.323 e. The van der Waals surface area contributed by atoms with E-state index in [0.717, 1.165) is 22.4 Å². The van der Waals surface area contributed by atoms with Crippen LogP contribution in [0.1, 0.15) is 33.4 Å². The van der Waals surface area contributed by atoms with Crippen molar-refractivity contribution in [1.82, 2.24) is 10.3 Å². The second kappa shape index (κ2) is 13.4. The Morgan fingerprint density at radius 3 is 2.58 bits per heavy atom. The number of ether oxygens (including phenoxy) is 1. The molecule has 3 aromatic carbocycles. The normalized spacial score (nSPS) is 11.4. The van der Waals surface area contributed by atoms with Crippen molar-refractivity contribution >= 4 is 11.7 Å². The van der Waals surface area contributed by atoms with E-state index in [-0.39, 0.29) is 13.2 Å². The Morgan fingerprint density at radius 2 is 1.85 bits per heavy atom. The molecule has 0 aliphatic rings. The molecular formula is C32H32N4O4. The van der Waals surface area contributed by atoms with Gasteiger partial charge in [-0.25, -0.2) is 0 Å². The van der Waals surface area contributed by atoms with Gasteiger partial charge in [-0.15, -0.1) is 0 Å². The number of nitrogens with zero attached hydrogens (tertiary/aromatic N) is 2. The van der Waals surface area contributed by atoms with Gasteiger partial charge < -0.3 is 20.3 Å². The summed E-state index contributed by atoms with van der Waals surface area (Å²) in [5.74, 6) is -0.567. The third-order valence-electron chi connectivity index (χ3n) is 6.77. The highest BCUT2D eigenvalue weighted by molar-refractivity contribution is 5.73. The number of aliphatic hydroxyl groups excluding tert-OH is 1. The van der Waals surface area contributed by atoms with Crippen LogP contribution in [0.4, 0.5) is 5.69 Å². The summed E-state index contributed by atoms with van der Waals surface area (Å²) >= 11 is 0. The zero-order valence-electron chi connectivity index (χ0n) is 22.5. The number of carbonyl (C=O) groups is 1. The Kier molecular flexibility index (Phi) is 9.47. The van der Waals surface area contributed by atoms with Crippen LogP contribution >= 0.6 is 0 Å². The molecule has 0 spiro atoms. The Balaban J connectivity index is 1.58.